The zero-order valence-corrected chi connectivity index (χ0v) is 20.7. The lowest BCUT2D eigenvalue weighted by Gasteiger charge is -2.24. The molecule has 0 spiro atoms. The Morgan fingerprint density at radius 1 is 1.07 bits per heavy atom. The third-order valence-electron chi connectivity index (χ3n) is 5.19. The molecule has 0 radical (unpaired) electrons. The number of hydrogen-bond acceptors (Lipinski definition) is 5. The van der Waals surface area contributed by atoms with E-state index in [1.807, 2.05) is 12.1 Å². The summed E-state index contributed by atoms with van der Waals surface area (Å²) in [6, 6.07) is 4.60. The highest BCUT2D eigenvalue weighted by Gasteiger charge is 2.19. The van der Waals surface area contributed by atoms with Crippen LogP contribution in [0.25, 0.3) is 0 Å². The van der Waals surface area contributed by atoms with Crippen molar-refractivity contribution in [3.8, 4) is 17.2 Å². The van der Waals surface area contributed by atoms with Crippen LogP contribution in [0, 0.1) is 0 Å². The molecule has 0 amide bonds. The summed E-state index contributed by atoms with van der Waals surface area (Å²) in [4.78, 5) is 7.17. The van der Waals surface area contributed by atoms with Gasteiger partial charge in [-0.1, -0.05) is 12.8 Å². The van der Waals surface area contributed by atoms with Crippen LogP contribution in [0.2, 0.25) is 0 Å². The monoisotopic (exact) mass is 520 g/mol. The molecule has 0 aliphatic heterocycles. The van der Waals surface area contributed by atoms with Gasteiger partial charge in [-0.3, -0.25) is 0 Å². The topological polar surface area (TPSA) is 67.4 Å². The maximum atomic E-state index is 5.42. The van der Waals surface area contributed by atoms with Crippen LogP contribution >= 0.6 is 24.0 Å². The summed E-state index contributed by atoms with van der Waals surface area (Å²) < 4.78 is 16.2. The number of likely N-dealkylation sites (N-methyl/N-ethyl adjacent to an activating group) is 1. The summed E-state index contributed by atoms with van der Waals surface area (Å²) in [7, 11) is 7.07. The molecule has 0 atom stereocenters. The van der Waals surface area contributed by atoms with Gasteiger partial charge in [-0.25, -0.2) is 4.99 Å². The summed E-state index contributed by atoms with van der Waals surface area (Å²) in [5, 5.41) is 6.74. The largest absolute Gasteiger partial charge is 0.493 e. The second-order valence-electron chi connectivity index (χ2n) is 7.07. The molecule has 1 saturated carbocycles. The van der Waals surface area contributed by atoms with Gasteiger partial charge in [0.1, 0.15) is 0 Å². The first-order chi connectivity index (χ1) is 13.6. The molecule has 1 fully saturated rings. The van der Waals surface area contributed by atoms with E-state index in [9.17, 15) is 0 Å². The lowest BCUT2D eigenvalue weighted by Crippen LogP contribution is -2.42. The van der Waals surface area contributed by atoms with E-state index in [1.54, 1.807) is 21.3 Å². The minimum Gasteiger partial charge on any atom is -0.493 e. The molecule has 29 heavy (non-hydrogen) atoms. The van der Waals surface area contributed by atoms with Crippen LogP contribution in [0.1, 0.15) is 38.2 Å². The van der Waals surface area contributed by atoms with Crippen molar-refractivity contribution in [2.75, 3.05) is 48.0 Å². The van der Waals surface area contributed by atoms with Crippen molar-refractivity contribution in [1.82, 2.24) is 15.5 Å². The molecule has 1 aliphatic carbocycles. The smallest absolute Gasteiger partial charge is 0.203 e. The Labute approximate surface area is 192 Å². The van der Waals surface area contributed by atoms with Crippen molar-refractivity contribution in [1.29, 1.82) is 0 Å². The highest BCUT2D eigenvalue weighted by Crippen LogP contribution is 2.38. The Bertz CT molecular complexity index is 611. The van der Waals surface area contributed by atoms with E-state index in [0.29, 0.717) is 23.8 Å². The van der Waals surface area contributed by atoms with Gasteiger partial charge in [0, 0.05) is 25.7 Å². The van der Waals surface area contributed by atoms with Gasteiger partial charge in [0.05, 0.1) is 27.9 Å². The molecule has 0 aromatic heterocycles. The minimum atomic E-state index is 0. The quantitative estimate of drug-likeness (QED) is 0.281. The van der Waals surface area contributed by atoms with Crippen molar-refractivity contribution >= 4 is 29.9 Å². The third-order valence-corrected chi connectivity index (χ3v) is 5.19. The molecule has 0 heterocycles. The van der Waals surface area contributed by atoms with Crippen LogP contribution < -0.4 is 24.8 Å². The summed E-state index contributed by atoms with van der Waals surface area (Å²) >= 11 is 0. The predicted molar refractivity (Wildman–Crippen MR) is 129 cm³/mol. The maximum Gasteiger partial charge on any atom is 0.203 e. The molecular weight excluding hydrogens is 483 g/mol. The van der Waals surface area contributed by atoms with E-state index in [4.69, 9.17) is 19.2 Å². The molecule has 1 aromatic rings. The van der Waals surface area contributed by atoms with Gasteiger partial charge in [-0.2, -0.15) is 0 Å². The van der Waals surface area contributed by atoms with E-state index in [-0.39, 0.29) is 24.0 Å². The molecule has 0 bridgehead atoms. The van der Waals surface area contributed by atoms with E-state index >= 15 is 0 Å². The van der Waals surface area contributed by atoms with E-state index in [1.165, 1.54) is 25.7 Å². The molecule has 0 unspecified atom stereocenters. The molecule has 1 aromatic carbocycles. The normalized spacial score (nSPS) is 14.5. The summed E-state index contributed by atoms with van der Waals surface area (Å²) in [5.74, 6) is 2.69. The molecule has 2 N–H and O–H groups in total. The summed E-state index contributed by atoms with van der Waals surface area (Å²) in [6.07, 6.45) is 5.38. The Morgan fingerprint density at radius 3 is 2.21 bits per heavy atom. The van der Waals surface area contributed by atoms with Crippen LogP contribution in [0.4, 0.5) is 0 Å². The van der Waals surface area contributed by atoms with E-state index in [0.717, 1.165) is 37.2 Å². The standard InChI is InChI=1S/C21H36N4O3.HI/c1-6-22-21(23-11-12-25(2)17-9-7-8-10-17)24-15-16-13-18(26-3)20(28-5)19(14-16)27-4;/h13-14,17H,6-12,15H2,1-5H3,(H2,22,23,24);1H. The number of guanidine groups is 1. The fraction of sp³-hybridized carbons (Fsp3) is 0.667. The molecule has 166 valence electrons. The van der Waals surface area contributed by atoms with Gasteiger partial charge in [-0.05, 0) is 44.5 Å². The van der Waals surface area contributed by atoms with E-state index in [2.05, 4.69) is 29.5 Å². The fourth-order valence-corrected chi connectivity index (χ4v) is 3.62. The van der Waals surface area contributed by atoms with Crippen LogP contribution in [-0.4, -0.2) is 64.9 Å². The molecule has 1 aliphatic rings. The van der Waals surface area contributed by atoms with Crippen molar-refractivity contribution in [3.63, 3.8) is 0 Å². The SMILES string of the molecule is CCNC(=NCc1cc(OC)c(OC)c(OC)c1)NCCN(C)C1CCCC1.I. The number of hydrogen-bond donors (Lipinski definition) is 2. The average molecular weight is 520 g/mol. The maximum absolute atomic E-state index is 5.42. The number of rotatable bonds is 10. The summed E-state index contributed by atoms with van der Waals surface area (Å²) in [5.41, 5.74) is 0.995. The lowest BCUT2D eigenvalue weighted by atomic mass is 10.2. The van der Waals surface area contributed by atoms with Crippen molar-refractivity contribution < 1.29 is 14.2 Å². The van der Waals surface area contributed by atoms with Crippen molar-refractivity contribution in [2.45, 2.75) is 45.2 Å². The molecule has 7 nitrogen and oxygen atoms in total. The third kappa shape index (κ3) is 7.73. The molecule has 2 rings (SSSR count). The Hall–Kier alpha value is -1.42. The molecular formula is C21H37IN4O3. The number of methoxy groups -OCH3 is 3. The highest BCUT2D eigenvalue weighted by atomic mass is 127. The Morgan fingerprint density at radius 2 is 1.69 bits per heavy atom. The van der Waals surface area contributed by atoms with E-state index < -0.39 is 0 Å². The first-order valence-electron chi connectivity index (χ1n) is 10.1. The number of halogens is 1. The first-order valence-corrected chi connectivity index (χ1v) is 10.1. The van der Waals surface area contributed by atoms with Crippen LogP contribution in [-0.2, 0) is 6.54 Å². The van der Waals surface area contributed by atoms with Gasteiger partial charge in [0.25, 0.3) is 0 Å². The second-order valence-corrected chi connectivity index (χ2v) is 7.07. The zero-order chi connectivity index (χ0) is 20.4. The van der Waals surface area contributed by atoms with Crippen molar-refractivity contribution in [2.24, 2.45) is 4.99 Å². The van der Waals surface area contributed by atoms with Crippen molar-refractivity contribution in [3.05, 3.63) is 17.7 Å². The zero-order valence-electron chi connectivity index (χ0n) is 18.4. The second kappa shape index (κ2) is 13.7. The van der Waals surface area contributed by atoms with Gasteiger partial charge < -0.3 is 29.7 Å². The van der Waals surface area contributed by atoms with Gasteiger partial charge in [0.15, 0.2) is 17.5 Å². The Balaban J connectivity index is 0.00000420. The summed E-state index contributed by atoms with van der Waals surface area (Å²) in [6.45, 7) is 5.29. The van der Waals surface area contributed by atoms with Gasteiger partial charge in [0.2, 0.25) is 5.75 Å². The number of ether oxygens (including phenoxy) is 3. The molecule has 0 saturated heterocycles. The lowest BCUT2D eigenvalue weighted by molar-refractivity contribution is 0.249. The molecule has 8 heteroatoms. The highest BCUT2D eigenvalue weighted by molar-refractivity contribution is 14.0. The number of nitrogens with zero attached hydrogens (tertiary/aromatic N) is 2. The average Bonchev–Trinajstić information content (AvgIpc) is 3.26. The van der Waals surface area contributed by atoms with Crippen LogP contribution in [0.3, 0.4) is 0 Å². The van der Waals surface area contributed by atoms with Crippen LogP contribution in [0.15, 0.2) is 17.1 Å². The predicted octanol–water partition coefficient (Wildman–Crippen LogP) is 3.26. The van der Waals surface area contributed by atoms with Crippen LogP contribution in [0.5, 0.6) is 17.2 Å². The number of nitrogens with one attached hydrogen (secondary N) is 2. The van der Waals surface area contributed by atoms with Gasteiger partial charge >= 0.3 is 0 Å². The number of aliphatic imine (C=N–C) groups is 1. The Kier molecular flexibility index (Phi) is 12.1. The van der Waals surface area contributed by atoms with Gasteiger partial charge in [-0.15, -0.1) is 24.0 Å². The number of benzene rings is 1. The fourth-order valence-electron chi connectivity index (χ4n) is 3.62. The first kappa shape index (κ1) is 25.6. The minimum absolute atomic E-state index is 0.